The molecule has 8 heteroatoms. The van der Waals surface area contributed by atoms with E-state index in [2.05, 4.69) is 140 Å². The van der Waals surface area contributed by atoms with Gasteiger partial charge in [-0.1, -0.05) is 123 Å². The van der Waals surface area contributed by atoms with Gasteiger partial charge in [-0.3, -0.25) is 0 Å². The van der Waals surface area contributed by atoms with Gasteiger partial charge < -0.3 is 10.0 Å². The van der Waals surface area contributed by atoms with Crippen molar-refractivity contribution in [3.05, 3.63) is 191 Å². The largest absolute Gasteiger partial charge is 0.477 e. The Morgan fingerprint density at radius 3 is 1.55 bits per heavy atom. The van der Waals surface area contributed by atoms with Crippen LogP contribution in [0.25, 0.3) is 70.9 Å². The molecule has 0 fully saturated rings. The van der Waals surface area contributed by atoms with E-state index in [4.69, 9.17) is 9.97 Å². The third-order valence-electron chi connectivity index (χ3n) is 10.9. The highest BCUT2D eigenvalue weighted by molar-refractivity contribution is 7.24. The summed E-state index contributed by atoms with van der Waals surface area (Å²) in [5.74, 6) is -1.24. The highest BCUT2D eigenvalue weighted by atomic mass is 32.1. The summed E-state index contributed by atoms with van der Waals surface area (Å²) >= 11 is 3.09. The molecule has 0 aliphatic rings. The summed E-state index contributed by atoms with van der Waals surface area (Å²) < 4.78 is 0. The lowest BCUT2D eigenvalue weighted by molar-refractivity contribution is -0.132. The summed E-state index contributed by atoms with van der Waals surface area (Å²) in [6.45, 7) is 4.36. The molecule has 0 unspecified atom stereocenters. The molecule has 0 atom stereocenters. The van der Waals surface area contributed by atoms with Crippen LogP contribution in [-0.4, -0.2) is 21.0 Å². The molecule has 1 N–H and O–H groups in total. The van der Waals surface area contributed by atoms with Crippen molar-refractivity contribution in [3.8, 4) is 59.9 Å². The van der Waals surface area contributed by atoms with E-state index in [1.54, 1.807) is 17.4 Å². The predicted molar refractivity (Wildman–Crippen MR) is 257 cm³/mol. The van der Waals surface area contributed by atoms with Crippen LogP contribution in [0.1, 0.15) is 29.9 Å². The van der Waals surface area contributed by atoms with Gasteiger partial charge in [0.05, 0.1) is 22.4 Å². The quantitative estimate of drug-likeness (QED) is 0.0973. The van der Waals surface area contributed by atoms with E-state index < -0.39 is 5.97 Å². The molecule has 9 aromatic rings. The van der Waals surface area contributed by atoms with Crippen molar-refractivity contribution in [3.63, 3.8) is 0 Å². The number of nitriles is 1. The highest BCUT2D eigenvalue weighted by Crippen LogP contribution is 2.44. The van der Waals surface area contributed by atoms with Gasteiger partial charge in [0, 0.05) is 58.8 Å². The summed E-state index contributed by atoms with van der Waals surface area (Å²) in [4.78, 5) is 28.6. The minimum Gasteiger partial charge on any atom is -0.477 e. The molecule has 9 rings (SSSR count). The average Bonchev–Trinajstić information content (AvgIpc) is 4.02. The number of nitrogens with zero attached hydrogens (tertiary/aromatic N) is 4. The number of rotatable bonds is 12. The van der Waals surface area contributed by atoms with Crippen LogP contribution in [0.2, 0.25) is 0 Å². The normalized spacial score (nSPS) is 11.4. The van der Waals surface area contributed by atoms with E-state index in [0.29, 0.717) is 4.88 Å². The number of aromatic nitrogens is 2. The van der Waals surface area contributed by atoms with Crippen LogP contribution in [-0.2, 0) is 17.6 Å². The molecular formula is C54H40N4O2S2. The number of carbonyl (C=O) groups is 1. The van der Waals surface area contributed by atoms with Gasteiger partial charge in [-0.15, -0.1) is 22.7 Å². The lowest BCUT2D eigenvalue weighted by Crippen LogP contribution is -2.10. The maximum absolute atomic E-state index is 11.5. The molecule has 0 bridgehead atoms. The van der Waals surface area contributed by atoms with Gasteiger partial charge in [0.2, 0.25) is 0 Å². The number of carboxylic acid groups (broad SMARTS) is 1. The molecule has 62 heavy (non-hydrogen) atoms. The highest BCUT2D eigenvalue weighted by Gasteiger charge is 2.21. The molecule has 3 aromatic heterocycles. The van der Waals surface area contributed by atoms with E-state index in [-0.39, 0.29) is 5.57 Å². The Kier molecular flexibility index (Phi) is 11.4. The number of anilines is 3. The number of benzene rings is 6. The van der Waals surface area contributed by atoms with Crippen molar-refractivity contribution in [2.75, 3.05) is 4.90 Å². The van der Waals surface area contributed by atoms with Gasteiger partial charge in [0.15, 0.2) is 0 Å². The summed E-state index contributed by atoms with van der Waals surface area (Å²) in [6, 6.07) is 60.9. The first kappa shape index (κ1) is 40.0. The zero-order valence-electron chi connectivity index (χ0n) is 34.1. The molecule has 0 aliphatic carbocycles. The summed E-state index contributed by atoms with van der Waals surface area (Å²) in [7, 11) is 0. The number of thiophene rings is 2. The standard InChI is InChI=1S/C54H40N4O2S2/c1-3-35-15-21-41(22-16-35)58(42-23-17-36(4-2)18-24-42)43-25-19-37(20-26-43)45-28-29-46(47-31-32-49(62-47)48-30-27-44(61-48)33-40(34-55)54(59)60)53-52(45)56-50(38-11-7-5-8-12-38)51(57-53)39-13-9-6-10-14-39/h5-33H,3-4H2,1-2H3,(H,59,60)/b40-33+. The van der Waals surface area contributed by atoms with E-state index in [0.717, 1.165) is 94.8 Å². The minimum absolute atomic E-state index is 0.296. The van der Waals surface area contributed by atoms with Crippen molar-refractivity contribution in [2.24, 2.45) is 0 Å². The molecule has 0 amide bonds. The van der Waals surface area contributed by atoms with E-state index in [1.165, 1.54) is 28.5 Å². The first-order valence-electron chi connectivity index (χ1n) is 20.5. The zero-order chi connectivity index (χ0) is 42.6. The van der Waals surface area contributed by atoms with Gasteiger partial charge in [0.25, 0.3) is 0 Å². The second kappa shape index (κ2) is 17.6. The molecule has 3 heterocycles. The lowest BCUT2D eigenvalue weighted by atomic mass is 9.97. The van der Waals surface area contributed by atoms with Crippen molar-refractivity contribution in [1.82, 2.24) is 9.97 Å². The van der Waals surface area contributed by atoms with Crippen LogP contribution < -0.4 is 4.90 Å². The Balaban J connectivity index is 1.19. The van der Waals surface area contributed by atoms with Gasteiger partial charge in [-0.25, -0.2) is 14.8 Å². The SMILES string of the molecule is CCc1ccc(N(c2ccc(CC)cc2)c2ccc(-c3ccc(-c4ccc(-c5ccc(/C=C(\C#N)C(=O)O)s5)s4)c4nc(-c5ccccc5)c(-c5ccccc5)nc34)cc2)cc1. The second-order valence-electron chi connectivity index (χ2n) is 14.8. The van der Waals surface area contributed by atoms with Crippen molar-refractivity contribution < 1.29 is 9.90 Å². The van der Waals surface area contributed by atoms with Crippen LogP contribution >= 0.6 is 22.7 Å². The number of carboxylic acids is 1. The number of hydrogen-bond donors (Lipinski definition) is 1. The number of aryl methyl sites for hydroxylation is 2. The average molecular weight is 841 g/mol. The molecule has 6 aromatic carbocycles. The monoisotopic (exact) mass is 840 g/mol. The number of aliphatic carboxylic acids is 1. The second-order valence-corrected chi connectivity index (χ2v) is 17.0. The molecule has 0 saturated carbocycles. The Morgan fingerprint density at radius 2 is 1.03 bits per heavy atom. The Bertz CT molecular complexity index is 3060. The molecule has 0 radical (unpaired) electrons. The molecule has 6 nitrogen and oxygen atoms in total. The lowest BCUT2D eigenvalue weighted by Gasteiger charge is -2.26. The van der Waals surface area contributed by atoms with E-state index in [9.17, 15) is 15.2 Å². The van der Waals surface area contributed by atoms with Crippen LogP contribution in [0.3, 0.4) is 0 Å². The first-order chi connectivity index (χ1) is 30.4. The van der Waals surface area contributed by atoms with Crippen molar-refractivity contribution in [2.45, 2.75) is 26.7 Å². The fourth-order valence-electron chi connectivity index (χ4n) is 7.62. The zero-order valence-corrected chi connectivity index (χ0v) is 35.8. The van der Waals surface area contributed by atoms with Crippen LogP contribution in [0.5, 0.6) is 0 Å². The summed E-state index contributed by atoms with van der Waals surface area (Å²) in [6.07, 6.45) is 3.38. The van der Waals surface area contributed by atoms with Crippen molar-refractivity contribution >= 4 is 62.8 Å². The molecule has 0 aliphatic heterocycles. The third kappa shape index (κ3) is 8.07. The van der Waals surface area contributed by atoms with E-state index >= 15 is 0 Å². The first-order valence-corrected chi connectivity index (χ1v) is 22.1. The maximum atomic E-state index is 11.5. The Hall–Kier alpha value is -7.44. The fraction of sp³-hybridized carbons (Fsp3) is 0.0741. The Morgan fingerprint density at radius 1 is 0.565 bits per heavy atom. The number of fused-ring (bicyclic) bond motifs is 1. The van der Waals surface area contributed by atoms with Gasteiger partial charge >= 0.3 is 5.97 Å². The van der Waals surface area contributed by atoms with Crippen LogP contribution in [0.15, 0.2) is 175 Å². The predicted octanol–water partition coefficient (Wildman–Crippen LogP) is 14.7. The van der Waals surface area contributed by atoms with Crippen LogP contribution in [0.4, 0.5) is 17.1 Å². The fourth-order valence-corrected chi connectivity index (χ4v) is 9.70. The smallest absolute Gasteiger partial charge is 0.346 e. The van der Waals surface area contributed by atoms with Crippen LogP contribution in [0, 0.1) is 11.3 Å². The molecule has 0 saturated heterocycles. The minimum atomic E-state index is -1.24. The molecule has 0 spiro atoms. The van der Waals surface area contributed by atoms with Crippen molar-refractivity contribution in [1.29, 1.82) is 5.26 Å². The maximum Gasteiger partial charge on any atom is 0.346 e. The third-order valence-corrected chi connectivity index (χ3v) is 13.3. The number of hydrogen-bond acceptors (Lipinski definition) is 7. The molecular weight excluding hydrogens is 801 g/mol. The van der Waals surface area contributed by atoms with Gasteiger partial charge in [0.1, 0.15) is 11.6 Å². The summed E-state index contributed by atoms with van der Waals surface area (Å²) in [5, 5.41) is 18.7. The van der Waals surface area contributed by atoms with Gasteiger partial charge in [-0.05, 0) is 96.3 Å². The Labute approximate surface area is 369 Å². The van der Waals surface area contributed by atoms with Gasteiger partial charge in [-0.2, -0.15) is 5.26 Å². The molecule has 300 valence electrons. The topological polar surface area (TPSA) is 90.1 Å². The van der Waals surface area contributed by atoms with E-state index in [1.807, 2.05) is 48.5 Å². The summed E-state index contributed by atoms with van der Waals surface area (Å²) in [5.41, 5.74) is 13.7.